The molecule has 4 nitrogen and oxygen atoms in total. The van der Waals surface area contributed by atoms with Gasteiger partial charge < -0.3 is 10.3 Å². The van der Waals surface area contributed by atoms with Crippen LogP contribution < -0.4 is 5.32 Å². The van der Waals surface area contributed by atoms with Crippen LogP contribution in [-0.2, 0) is 4.79 Å². The third kappa shape index (κ3) is 2.93. The molecule has 2 N–H and O–H groups in total. The lowest BCUT2D eigenvalue weighted by Crippen LogP contribution is -2.28. The molecule has 1 fully saturated rings. The Morgan fingerprint density at radius 1 is 1.39 bits per heavy atom. The number of thiophene rings is 1. The predicted octanol–water partition coefficient (Wildman–Crippen LogP) is 4.37. The van der Waals surface area contributed by atoms with Crippen molar-refractivity contribution in [3.63, 3.8) is 0 Å². The number of halogens is 1. The van der Waals surface area contributed by atoms with Gasteiger partial charge in [-0.3, -0.25) is 4.79 Å². The topological polar surface area (TPSA) is 57.8 Å². The zero-order valence-corrected chi connectivity index (χ0v) is 14.9. The Labute approximate surface area is 146 Å². The number of para-hydroxylation sites is 2. The van der Waals surface area contributed by atoms with Gasteiger partial charge in [0.05, 0.1) is 20.9 Å². The molecule has 1 amide bonds. The van der Waals surface area contributed by atoms with E-state index in [2.05, 4.69) is 31.2 Å². The lowest BCUT2D eigenvalue weighted by Gasteiger charge is -2.11. The Bertz CT molecular complexity index is 838. The molecule has 0 bridgehead atoms. The summed E-state index contributed by atoms with van der Waals surface area (Å²) in [4.78, 5) is 21.5. The van der Waals surface area contributed by atoms with Crippen LogP contribution in [-0.4, -0.2) is 15.9 Å². The number of aromatic nitrogens is 2. The smallest absolute Gasteiger partial charge is 0.224 e. The number of fused-ring (bicyclic) bond motifs is 1. The standard InChI is InChI=1S/C17H16BrN3OS/c1-9(14-6-7-15(18)23-14)19-17(22)11-8-10(11)16-20-12-4-2-3-5-13(12)21-16/h2-7,9-11H,8H2,1H3,(H,19,22)(H,20,21)/t9?,10-,11-/m0/s1. The van der Waals surface area contributed by atoms with Crippen LogP contribution >= 0.6 is 27.3 Å². The van der Waals surface area contributed by atoms with Crippen LogP contribution in [0, 0.1) is 5.92 Å². The van der Waals surface area contributed by atoms with E-state index in [1.54, 1.807) is 11.3 Å². The van der Waals surface area contributed by atoms with Gasteiger partial charge in [-0.25, -0.2) is 4.98 Å². The lowest BCUT2D eigenvalue weighted by atomic mass is 10.2. The highest BCUT2D eigenvalue weighted by atomic mass is 79.9. The second-order valence-corrected chi connectivity index (χ2v) is 8.45. The van der Waals surface area contributed by atoms with Gasteiger partial charge in [-0.15, -0.1) is 11.3 Å². The second-order valence-electron chi connectivity index (χ2n) is 5.96. The first kappa shape index (κ1) is 14.9. The van der Waals surface area contributed by atoms with Crippen molar-refractivity contribution in [3.05, 3.63) is 50.9 Å². The van der Waals surface area contributed by atoms with E-state index in [1.807, 2.05) is 43.3 Å². The van der Waals surface area contributed by atoms with Crippen molar-refractivity contribution in [1.29, 1.82) is 0 Å². The minimum absolute atomic E-state index is 0.0291. The summed E-state index contributed by atoms with van der Waals surface area (Å²) in [6, 6.07) is 12.1. The molecule has 0 aliphatic heterocycles. The molecule has 3 atom stereocenters. The number of H-pyrrole nitrogens is 1. The lowest BCUT2D eigenvalue weighted by molar-refractivity contribution is -0.123. The second kappa shape index (κ2) is 5.76. The summed E-state index contributed by atoms with van der Waals surface area (Å²) in [6.45, 7) is 2.02. The number of aromatic amines is 1. The molecule has 0 spiro atoms. The average molecular weight is 390 g/mol. The molecule has 1 aromatic carbocycles. The third-order valence-corrected chi connectivity index (χ3v) is 6.07. The molecule has 2 aromatic heterocycles. The van der Waals surface area contributed by atoms with Gasteiger partial charge in [-0.1, -0.05) is 12.1 Å². The number of carbonyl (C=O) groups is 1. The number of nitrogens with one attached hydrogen (secondary N) is 2. The van der Waals surface area contributed by atoms with Gasteiger partial charge >= 0.3 is 0 Å². The van der Waals surface area contributed by atoms with Gasteiger partial charge in [0.1, 0.15) is 5.82 Å². The van der Waals surface area contributed by atoms with Gasteiger partial charge in [0, 0.05) is 16.7 Å². The zero-order valence-electron chi connectivity index (χ0n) is 12.5. The highest BCUT2D eigenvalue weighted by Crippen LogP contribution is 2.47. The quantitative estimate of drug-likeness (QED) is 0.695. The summed E-state index contributed by atoms with van der Waals surface area (Å²) < 4.78 is 1.08. The number of nitrogens with zero attached hydrogens (tertiary/aromatic N) is 1. The van der Waals surface area contributed by atoms with Crippen LogP contribution in [0.3, 0.4) is 0 Å². The van der Waals surface area contributed by atoms with Gasteiger partial charge in [0.25, 0.3) is 0 Å². The number of hydrogen-bond donors (Lipinski definition) is 2. The van der Waals surface area contributed by atoms with Crippen molar-refractivity contribution in [3.8, 4) is 0 Å². The summed E-state index contributed by atoms with van der Waals surface area (Å²) >= 11 is 5.11. The van der Waals surface area contributed by atoms with Crippen molar-refractivity contribution in [1.82, 2.24) is 15.3 Å². The fourth-order valence-electron chi connectivity index (χ4n) is 2.89. The highest BCUT2D eigenvalue weighted by Gasteiger charge is 2.46. The SMILES string of the molecule is CC(NC(=O)[C@H]1C[C@@H]1c1nc2ccccc2[nH]1)c1ccc(Br)s1. The number of imidazole rings is 1. The van der Waals surface area contributed by atoms with Crippen LogP contribution in [0.15, 0.2) is 40.2 Å². The molecule has 0 saturated heterocycles. The van der Waals surface area contributed by atoms with E-state index in [-0.39, 0.29) is 23.8 Å². The molecule has 1 aliphatic rings. The van der Waals surface area contributed by atoms with E-state index in [4.69, 9.17) is 0 Å². The number of rotatable bonds is 4. The highest BCUT2D eigenvalue weighted by molar-refractivity contribution is 9.11. The largest absolute Gasteiger partial charge is 0.349 e. The molecular weight excluding hydrogens is 374 g/mol. The fraction of sp³-hybridized carbons (Fsp3) is 0.294. The van der Waals surface area contributed by atoms with Crippen molar-refractivity contribution in [2.45, 2.75) is 25.3 Å². The monoisotopic (exact) mass is 389 g/mol. The summed E-state index contributed by atoms with van der Waals surface area (Å²) in [5, 5.41) is 3.11. The van der Waals surface area contributed by atoms with E-state index in [9.17, 15) is 4.79 Å². The van der Waals surface area contributed by atoms with E-state index in [1.165, 1.54) is 0 Å². The Morgan fingerprint density at radius 3 is 2.96 bits per heavy atom. The van der Waals surface area contributed by atoms with Crippen LogP contribution in [0.5, 0.6) is 0 Å². The van der Waals surface area contributed by atoms with Gasteiger partial charge in [0.15, 0.2) is 0 Å². The number of hydrogen-bond acceptors (Lipinski definition) is 3. The molecule has 2 heterocycles. The fourth-order valence-corrected chi connectivity index (χ4v) is 4.31. The summed E-state index contributed by atoms with van der Waals surface area (Å²) in [5.41, 5.74) is 2.00. The maximum atomic E-state index is 12.4. The van der Waals surface area contributed by atoms with Crippen molar-refractivity contribution >= 4 is 44.2 Å². The van der Waals surface area contributed by atoms with Crippen molar-refractivity contribution < 1.29 is 4.79 Å². The van der Waals surface area contributed by atoms with Gasteiger partial charge in [0.2, 0.25) is 5.91 Å². The van der Waals surface area contributed by atoms with E-state index < -0.39 is 0 Å². The Kier molecular flexibility index (Phi) is 3.73. The van der Waals surface area contributed by atoms with Crippen molar-refractivity contribution in [2.75, 3.05) is 0 Å². The average Bonchev–Trinajstić information content (AvgIpc) is 3.03. The molecule has 4 rings (SSSR count). The third-order valence-electron chi connectivity index (χ3n) is 4.27. The van der Waals surface area contributed by atoms with E-state index >= 15 is 0 Å². The van der Waals surface area contributed by atoms with Crippen LogP contribution in [0.4, 0.5) is 0 Å². The molecule has 1 saturated carbocycles. The first-order chi connectivity index (χ1) is 11.1. The number of carbonyl (C=O) groups excluding carboxylic acids is 1. The predicted molar refractivity (Wildman–Crippen MR) is 95.5 cm³/mol. The Balaban J connectivity index is 1.43. The molecule has 1 unspecified atom stereocenters. The van der Waals surface area contributed by atoms with Crippen LogP contribution in [0.1, 0.15) is 36.0 Å². The number of benzene rings is 1. The molecule has 23 heavy (non-hydrogen) atoms. The van der Waals surface area contributed by atoms with Crippen molar-refractivity contribution in [2.24, 2.45) is 5.92 Å². The maximum absolute atomic E-state index is 12.4. The minimum atomic E-state index is 0.0291. The summed E-state index contributed by atoms with van der Waals surface area (Å²) in [5.74, 6) is 1.29. The minimum Gasteiger partial charge on any atom is -0.349 e. The van der Waals surface area contributed by atoms with Crippen LogP contribution in [0.25, 0.3) is 11.0 Å². The summed E-state index contributed by atoms with van der Waals surface area (Å²) in [6.07, 6.45) is 0.868. The van der Waals surface area contributed by atoms with E-state index in [0.717, 1.165) is 31.9 Å². The Hall–Kier alpha value is -1.66. The molecule has 0 radical (unpaired) electrons. The molecule has 3 aromatic rings. The zero-order chi connectivity index (χ0) is 16.0. The van der Waals surface area contributed by atoms with Gasteiger partial charge in [-0.2, -0.15) is 0 Å². The van der Waals surface area contributed by atoms with Crippen LogP contribution in [0.2, 0.25) is 0 Å². The normalized spacial score (nSPS) is 21.3. The van der Waals surface area contributed by atoms with E-state index in [0.29, 0.717) is 0 Å². The first-order valence-corrected chi connectivity index (χ1v) is 9.23. The van der Waals surface area contributed by atoms with Gasteiger partial charge in [-0.05, 0) is 53.5 Å². The first-order valence-electron chi connectivity index (χ1n) is 7.62. The molecular formula is C17H16BrN3OS. The maximum Gasteiger partial charge on any atom is 0.224 e. The summed E-state index contributed by atoms with van der Waals surface area (Å²) in [7, 11) is 0. The molecule has 118 valence electrons. The molecule has 6 heteroatoms. The Morgan fingerprint density at radius 2 is 2.22 bits per heavy atom. The number of amides is 1. The molecule has 1 aliphatic carbocycles.